The van der Waals surface area contributed by atoms with E-state index in [1.807, 2.05) is 50.2 Å². The normalized spacial score (nSPS) is 20.2. The number of aryl methyl sites for hydroxylation is 2. The second-order valence-electron chi connectivity index (χ2n) is 10.00. The number of anilines is 2. The molecule has 0 aromatic heterocycles. The van der Waals surface area contributed by atoms with Gasteiger partial charge in [0, 0.05) is 17.2 Å². The minimum absolute atomic E-state index is 0.0313. The van der Waals surface area contributed by atoms with Crippen molar-refractivity contribution < 1.29 is 13.2 Å². The molecule has 1 aliphatic carbocycles. The molecule has 37 heavy (non-hydrogen) atoms. The van der Waals surface area contributed by atoms with Crippen LogP contribution in [0, 0.1) is 19.8 Å². The van der Waals surface area contributed by atoms with Gasteiger partial charge in [-0.25, -0.2) is 8.42 Å². The zero-order valence-corrected chi connectivity index (χ0v) is 22.0. The van der Waals surface area contributed by atoms with Gasteiger partial charge in [-0.1, -0.05) is 60.7 Å². The van der Waals surface area contributed by atoms with Crippen molar-refractivity contribution in [3.63, 3.8) is 0 Å². The fourth-order valence-corrected chi connectivity index (χ4v) is 7.21. The van der Waals surface area contributed by atoms with Crippen molar-refractivity contribution in [3.05, 3.63) is 107 Å². The topological polar surface area (TPSA) is 67.4 Å². The lowest BCUT2D eigenvalue weighted by Gasteiger charge is -2.38. The van der Waals surface area contributed by atoms with E-state index in [0.29, 0.717) is 5.69 Å². The highest BCUT2D eigenvalue weighted by molar-refractivity contribution is 7.92. The van der Waals surface area contributed by atoms with E-state index in [1.165, 1.54) is 10.8 Å². The Morgan fingerprint density at radius 1 is 0.946 bits per heavy atom. The number of benzene rings is 4. The molecule has 0 saturated carbocycles. The highest BCUT2D eigenvalue weighted by atomic mass is 32.2. The van der Waals surface area contributed by atoms with Crippen LogP contribution in [0.3, 0.4) is 0 Å². The number of para-hydroxylation sites is 1. The van der Waals surface area contributed by atoms with Crippen LogP contribution in [0.5, 0.6) is 5.75 Å². The summed E-state index contributed by atoms with van der Waals surface area (Å²) in [5, 5.41) is 6.11. The van der Waals surface area contributed by atoms with E-state index in [-0.39, 0.29) is 22.8 Å². The van der Waals surface area contributed by atoms with Gasteiger partial charge in [0.2, 0.25) is 0 Å². The second kappa shape index (κ2) is 8.96. The highest BCUT2D eigenvalue weighted by Gasteiger charge is 2.40. The number of hydrogen-bond acceptors (Lipinski definition) is 4. The number of rotatable bonds is 5. The predicted octanol–water partition coefficient (Wildman–Crippen LogP) is 7.09. The summed E-state index contributed by atoms with van der Waals surface area (Å²) in [5.74, 6) is 1.22. The third-order valence-corrected chi connectivity index (χ3v) is 9.17. The smallest absolute Gasteiger partial charge is 0.261 e. The minimum Gasteiger partial charge on any atom is -0.496 e. The summed E-state index contributed by atoms with van der Waals surface area (Å²) in [7, 11) is -2.03. The lowest BCUT2D eigenvalue weighted by molar-refractivity contribution is 0.383. The maximum absolute atomic E-state index is 13.4. The molecule has 1 aliphatic heterocycles. The molecule has 0 bridgehead atoms. The molecule has 2 N–H and O–H groups in total. The van der Waals surface area contributed by atoms with E-state index in [0.717, 1.165) is 40.1 Å². The fraction of sp³-hybridized carbons (Fsp3) is 0.226. The molecule has 3 unspecified atom stereocenters. The molecule has 0 saturated heterocycles. The van der Waals surface area contributed by atoms with Crippen molar-refractivity contribution in [2.45, 2.75) is 37.1 Å². The molecule has 0 radical (unpaired) electrons. The summed E-state index contributed by atoms with van der Waals surface area (Å²) in [6.07, 6.45) is 5.35. The first-order valence-corrected chi connectivity index (χ1v) is 14.1. The number of fused-ring (bicyclic) bond motifs is 4. The van der Waals surface area contributed by atoms with Crippen molar-refractivity contribution >= 4 is 32.2 Å². The van der Waals surface area contributed by atoms with Gasteiger partial charge in [-0.3, -0.25) is 4.72 Å². The van der Waals surface area contributed by atoms with Gasteiger partial charge in [0.05, 0.1) is 23.7 Å². The molecular weight excluding hydrogens is 480 g/mol. The van der Waals surface area contributed by atoms with Crippen LogP contribution in [-0.4, -0.2) is 15.5 Å². The predicted molar refractivity (Wildman–Crippen MR) is 150 cm³/mol. The lowest BCUT2D eigenvalue weighted by Crippen LogP contribution is -2.30. The van der Waals surface area contributed by atoms with Gasteiger partial charge in [-0.05, 0) is 77.9 Å². The first kappa shape index (κ1) is 23.6. The molecule has 4 aromatic rings. The summed E-state index contributed by atoms with van der Waals surface area (Å²) >= 11 is 0. The Bertz CT molecular complexity index is 1640. The number of ether oxygens (including phenoxy) is 1. The summed E-state index contributed by atoms with van der Waals surface area (Å²) in [6, 6.07) is 23.8. The summed E-state index contributed by atoms with van der Waals surface area (Å²) < 4.78 is 35.5. The number of methoxy groups -OCH3 is 1. The van der Waals surface area contributed by atoms with Crippen LogP contribution in [0.25, 0.3) is 10.8 Å². The zero-order chi connectivity index (χ0) is 25.7. The molecule has 0 fully saturated rings. The molecule has 6 heteroatoms. The Hall–Kier alpha value is -3.77. The molecule has 188 valence electrons. The SMILES string of the molecule is COc1ccc2ccccc2c1C1Nc2ccc(S(=O)(=O)Nc3c(C)cccc3C)cc2C2C=CCC21. The minimum atomic E-state index is -3.75. The number of hydrogen-bond donors (Lipinski definition) is 2. The molecule has 0 amide bonds. The van der Waals surface area contributed by atoms with Crippen LogP contribution in [0.2, 0.25) is 0 Å². The Morgan fingerprint density at radius 3 is 2.51 bits per heavy atom. The fourth-order valence-electron chi connectivity index (χ4n) is 5.97. The Labute approximate surface area is 218 Å². The van der Waals surface area contributed by atoms with E-state index in [9.17, 15) is 8.42 Å². The van der Waals surface area contributed by atoms with Crippen LogP contribution in [0.4, 0.5) is 11.4 Å². The average Bonchev–Trinajstić information content (AvgIpc) is 3.40. The maximum Gasteiger partial charge on any atom is 0.261 e. The molecule has 4 aromatic carbocycles. The van der Waals surface area contributed by atoms with E-state index < -0.39 is 10.0 Å². The van der Waals surface area contributed by atoms with Gasteiger partial charge in [0.1, 0.15) is 5.75 Å². The molecular formula is C31H30N2O3S. The van der Waals surface area contributed by atoms with Crippen molar-refractivity contribution in [2.24, 2.45) is 5.92 Å². The average molecular weight is 511 g/mol. The van der Waals surface area contributed by atoms with Crippen LogP contribution < -0.4 is 14.8 Å². The second-order valence-corrected chi connectivity index (χ2v) is 11.7. The molecule has 2 aliphatic rings. The highest BCUT2D eigenvalue weighted by Crippen LogP contribution is 2.52. The monoisotopic (exact) mass is 510 g/mol. The molecule has 6 rings (SSSR count). The van der Waals surface area contributed by atoms with Gasteiger partial charge in [-0.15, -0.1) is 0 Å². The van der Waals surface area contributed by atoms with Crippen molar-refractivity contribution in [3.8, 4) is 5.75 Å². The standard InChI is InChI=1S/C31H30N2O3S/c1-19-8-6-9-20(2)30(19)33-37(34,35)22-15-16-27-26(18-22)24-12-7-13-25(24)31(32-27)29-23-11-5-4-10-21(23)14-17-28(29)36-3/h4-12,14-18,24-25,31-33H,13H2,1-3H3. The molecule has 5 nitrogen and oxygen atoms in total. The van der Waals surface area contributed by atoms with Crippen LogP contribution >= 0.6 is 0 Å². The van der Waals surface area contributed by atoms with E-state index in [1.54, 1.807) is 13.2 Å². The van der Waals surface area contributed by atoms with Crippen LogP contribution in [0.15, 0.2) is 89.8 Å². The number of allylic oxidation sites excluding steroid dienone is 2. The number of sulfonamides is 1. The Morgan fingerprint density at radius 2 is 1.73 bits per heavy atom. The van der Waals surface area contributed by atoms with Crippen molar-refractivity contribution in [1.29, 1.82) is 0 Å². The van der Waals surface area contributed by atoms with Crippen molar-refractivity contribution in [2.75, 3.05) is 17.1 Å². The number of nitrogens with one attached hydrogen (secondary N) is 2. The molecule has 0 spiro atoms. The quantitative estimate of drug-likeness (QED) is 0.281. The van der Waals surface area contributed by atoms with Gasteiger partial charge < -0.3 is 10.1 Å². The Balaban J connectivity index is 1.42. The van der Waals surface area contributed by atoms with Gasteiger partial charge in [0.25, 0.3) is 10.0 Å². The van der Waals surface area contributed by atoms with E-state index in [4.69, 9.17) is 4.74 Å². The molecule has 1 heterocycles. The van der Waals surface area contributed by atoms with E-state index in [2.05, 4.69) is 52.5 Å². The summed E-state index contributed by atoms with van der Waals surface area (Å²) in [5.41, 5.74) is 5.55. The first-order chi connectivity index (χ1) is 17.9. The van der Waals surface area contributed by atoms with Crippen molar-refractivity contribution in [1.82, 2.24) is 0 Å². The van der Waals surface area contributed by atoms with Crippen LogP contribution in [0.1, 0.15) is 40.6 Å². The van der Waals surface area contributed by atoms with Gasteiger partial charge >= 0.3 is 0 Å². The largest absolute Gasteiger partial charge is 0.496 e. The summed E-state index contributed by atoms with van der Waals surface area (Å²) in [6.45, 7) is 3.83. The van der Waals surface area contributed by atoms with Crippen LogP contribution in [-0.2, 0) is 10.0 Å². The maximum atomic E-state index is 13.4. The lowest BCUT2D eigenvalue weighted by atomic mass is 9.76. The van der Waals surface area contributed by atoms with E-state index >= 15 is 0 Å². The first-order valence-electron chi connectivity index (χ1n) is 12.6. The third-order valence-electron chi connectivity index (χ3n) is 7.82. The van der Waals surface area contributed by atoms with Gasteiger partial charge in [0.15, 0.2) is 0 Å². The third kappa shape index (κ3) is 3.96. The zero-order valence-electron chi connectivity index (χ0n) is 21.2. The van der Waals surface area contributed by atoms with Gasteiger partial charge in [-0.2, -0.15) is 0 Å². The Kier molecular flexibility index (Phi) is 5.72. The summed E-state index contributed by atoms with van der Waals surface area (Å²) in [4.78, 5) is 0.274. The molecule has 3 atom stereocenters.